The maximum Gasteiger partial charge on any atom is 0.174 e. The number of benzene rings is 1. The molecule has 2 rings (SSSR count). The number of methoxy groups -OCH3 is 1. The van der Waals surface area contributed by atoms with Gasteiger partial charge in [-0.1, -0.05) is 0 Å². The minimum absolute atomic E-state index is 0.321. The van der Waals surface area contributed by atoms with E-state index >= 15 is 0 Å². The van der Waals surface area contributed by atoms with Gasteiger partial charge in [0.25, 0.3) is 0 Å². The molecule has 1 aromatic rings. The van der Waals surface area contributed by atoms with Gasteiger partial charge in [0.05, 0.1) is 23.0 Å². The van der Waals surface area contributed by atoms with Crippen LogP contribution in [-0.4, -0.2) is 19.4 Å². The summed E-state index contributed by atoms with van der Waals surface area (Å²) in [5, 5.41) is 3.53. The fourth-order valence-corrected chi connectivity index (χ4v) is 2.94. The van der Waals surface area contributed by atoms with Gasteiger partial charge in [0.15, 0.2) is 11.5 Å². The van der Waals surface area contributed by atoms with Crippen molar-refractivity contribution >= 4 is 28.8 Å². The van der Waals surface area contributed by atoms with E-state index in [1.165, 1.54) is 12.8 Å². The van der Waals surface area contributed by atoms with Gasteiger partial charge in [0.1, 0.15) is 0 Å². The van der Waals surface area contributed by atoms with Crippen molar-refractivity contribution in [2.24, 2.45) is 10.9 Å². The van der Waals surface area contributed by atoms with Gasteiger partial charge < -0.3 is 15.3 Å². The second-order valence-corrected chi connectivity index (χ2v) is 5.50. The van der Waals surface area contributed by atoms with Gasteiger partial charge in [-0.15, -0.1) is 0 Å². The number of hydrogen-bond acceptors (Lipinski definition) is 4. The Morgan fingerprint density at radius 3 is 2.72 bits per heavy atom. The molecule has 0 saturated heterocycles. The molecule has 18 heavy (non-hydrogen) atoms. The highest BCUT2D eigenvalue weighted by molar-refractivity contribution is 14.1. The number of nitrogens with zero attached hydrogens (tertiary/aromatic N) is 1. The van der Waals surface area contributed by atoms with Crippen LogP contribution >= 0.6 is 22.6 Å². The second kappa shape index (κ2) is 6.26. The van der Waals surface area contributed by atoms with Crippen molar-refractivity contribution in [2.45, 2.75) is 31.8 Å². The summed E-state index contributed by atoms with van der Waals surface area (Å²) >= 11 is 2.25. The minimum atomic E-state index is 0.321. The summed E-state index contributed by atoms with van der Waals surface area (Å²) in [7, 11) is 1.65. The van der Waals surface area contributed by atoms with E-state index in [0.29, 0.717) is 6.10 Å². The fraction of sp³-hybridized carbons (Fsp3) is 0.462. The Hall–Kier alpha value is -0.980. The lowest BCUT2D eigenvalue weighted by molar-refractivity contribution is 0.199. The number of nitrogens with two attached hydrogens (primary N) is 1. The van der Waals surface area contributed by atoms with Gasteiger partial charge in [0.2, 0.25) is 0 Å². The Morgan fingerprint density at radius 2 is 2.11 bits per heavy atom. The first-order valence-corrected chi connectivity index (χ1v) is 7.10. The zero-order valence-corrected chi connectivity index (χ0v) is 12.5. The quantitative estimate of drug-likeness (QED) is 0.389. The highest BCUT2D eigenvalue weighted by Gasteiger charge is 2.20. The molecule has 0 radical (unpaired) electrons. The van der Waals surface area contributed by atoms with Crippen LogP contribution in [0.25, 0.3) is 0 Å². The minimum Gasteiger partial charge on any atom is -0.493 e. The van der Waals surface area contributed by atoms with Crippen LogP contribution in [0.1, 0.15) is 31.2 Å². The molecule has 1 saturated carbocycles. The average molecular weight is 360 g/mol. The molecule has 0 aromatic heterocycles. The van der Waals surface area contributed by atoms with Gasteiger partial charge in [0, 0.05) is 0 Å². The van der Waals surface area contributed by atoms with Crippen LogP contribution in [0.5, 0.6) is 11.5 Å². The van der Waals surface area contributed by atoms with E-state index in [2.05, 4.69) is 27.7 Å². The van der Waals surface area contributed by atoms with E-state index in [1.54, 1.807) is 13.3 Å². The molecule has 1 aliphatic carbocycles. The number of hydrazone groups is 1. The van der Waals surface area contributed by atoms with Crippen molar-refractivity contribution in [3.63, 3.8) is 0 Å². The Morgan fingerprint density at radius 1 is 1.39 bits per heavy atom. The van der Waals surface area contributed by atoms with Gasteiger partial charge in [-0.2, -0.15) is 5.10 Å². The predicted octanol–water partition coefficient (Wildman–Crippen LogP) is 2.91. The Balaban J connectivity index is 2.27. The van der Waals surface area contributed by atoms with Crippen LogP contribution in [0.4, 0.5) is 0 Å². The van der Waals surface area contributed by atoms with Crippen LogP contribution in [0, 0.1) is 3.57 Å². The summed E-state index contributed by atoms with van der Waals surface area (Å²) in [5.41, 5.74) is 0.914. The third-order valence-corrected chi connectivity index (χ3v) is 3.86. The predicted molar refractivity (Wildman–Crippen MR) is 80.4 cm³/mol. The third-order valence-electron chi connectivity index (χ3n) is 3.06. The first-order valence-electron chi connectivity index (χ1n) is 6.02. The van der Waals surface area contributed by atoms with Crippen molar-refractivity contribution in [2.75, 3.05) is 7.11 Å². The largest absolute Gasteiger partial charge is 0.493 e. The molecule has 0 atom stereocenters. The van der Waals surface area contributed by atoms with Crippen molar-refractivity contribution in [3.05, 3.63) is 21.3 Å². The zero-order chi connectivity index (χ0) is 13.0. The molecule has 1 aliphatic rings. The second-order valence-electron chi connectivity index (χ2n) is 4.34. The SMILES string of the molecule is COc1cc(C=NN)cc(I)c1OC1CCCC1. The van der Waals surface area contributed by atoms with Crippen molar-refractivity contribution < 1.29 is 9.47 Å². The molecule has 98 valence electrons. The topological polar surface area (TPSA) is 56.8 Å². The standard InChI is InChI=1S/C13H17IN2O2/c1-17-12-7-9(8-16-15)6-11(14)13(12)18-10-4-2-3-5-10/h6-8,10H,2-5,15H2,1H3. The Kier molecular flexibility index (Phi) is 4.68. The van der Waals surface area contributed by atoms with Crippen molar-refractivity contribution in [3.8, 4) is 11.5 Å². The van der Waals surface area contributed by atoms with Crippen molar-refractivity contribution in [1.29, 1.82) is 0 Å². The molecule has 0 spiro atoms. The first kappa shape index (κ1) is 13.5. The van der Waals surface area contributed by atoms with Crippen LogP contribution in [0.3, 0.4) is 0 Å². The molecule has 0 aliphatic heterocycles. The summed E-state index contributed by atoms with van der Waals surface area (Å²) in [5.74, 6) is 6.74. The highest BCUT2D eigenvalue weighted by Crippen LogP contribution is 2.36. The van der Waals surface area contributed by atoms with Crippen LogP contribution in [-0.2, 0) is 0 Å². The molecular formula is C13H17IN2O2. The molecular weight excluding hydrogens is 343 g/mol. The summed E-state index contributed by atoms with van der Waals surface area (Å²) < 4.78 is 12.5. The van der Waals surface area contributed by atoms with E-state index in [-0.39, 0.29) is 0 Å². The van der Waals surface area contributed by atoms with E-state index in [0.717, 1.165) is 33.5 Å². The van der Waals surface area contributed by atoms with E-state index in [4.69, 9.17) is 15.3 Å². The lowest BCUT2D eigenvalue weighted by Gasteiger charge is -2.17. The number of ether oxygens (including phenoxy) is 2. The van der Waals surface area contributed by atoms with Crippen molar-refractivity contribution in [1.82, 2.24) is 0 Å². The Bertz CT molecular complexity index is 443. The zero-order valence-electron chi connectivity index (χ0n) is 10.4. The molecule has 4 nitrogen and oxygen atoms in total. The van der Waals surface area contributed by atoms with Crippen LogP contribution < -0.4 is 15.3 Å². The summed E-state index contributed by atoms with van der Waals surface area (Å²) in [6, 6.07) is 3.88. The molecule has 0 heterocycles. The van der Waals surface area contributed by atoms with Gasteiger partial charge in [-0.25, -0.2) is 0 Å². The monoisotopic (exact) mass is 360 g/mol. The summed E-state index contributed by atoms with van der Waals surface area (Å²) in [6.07, 6.45) is 6.69. The molecule has 1 fully saturated rings. The number of halogens is 1. The van der Waals surface area contributed by atoms with E-state index in [1.807, 2.05) is 12.1 Å². The first-order chi connectivity index (χ1) is 8.74. The van der Waals surface area contributed by atoms with Gasteiger partial charge in [-0.05, 0) is 66.0 Å². The van der Waals surface area contributed by atoms with Crippen LogP contribution in [0.15, 0.2) is 17.2 Å². The maximum absolute atomic E-state index is 6.05. The molecule has 5 heteroatoms. The molecule has 0 unspecified atom stereocenters. The lowest BCUT2D eigenvalue weighted by Crippen LogP contribution is -2.12. The molecule has 0 bridgehead atoms. The highest BCUT2D eigenvalue weighted by atomic mass is 127. The maximum atomic E-state index is 6.05. The molecule has 2 N–H and O–H groups in total. The normalized spacial score (nSPS) is 16.3. The fourth-order valence-electron chi connectivity index (χ4n) is 2.19. The Labute approximate surface area is 121 Å². The van der Waals surface area contributed by atoms with Gasteiger partial charge in [-0.3, -0.25) is 0 Å². The summed E-state index contributed by atoms with van der Waals surface area (Å²) in [4.78, 5) is 0. The molecule has 0 amide bonds. The van der Waals surface area contributed by atoms with E-state index < -0.39 is 0 Å². The molecule has 1 aromatic carbocycles. The summed E-state index contributed by atoms with van der Waals surface area (Å²) in [6.45, 7) is 0. The van der Waals surface area contributed by atoms with E-state index in [9.17, 15) is 0 Å². The lowest BCUT2D eigenvalue weighted by atomic mass is 10.2. The number of rotatable bonds is 4. The van der Waals surface area contributed by atoms with Gasteiger partial charge >= 0.3 is 0 Å². The number of hydrogen-bond donors (Lipinski definition) is 1. The van der Waals surface area contributed by atoms with Crippen LogP contribution in [0.2, 0.25) is 0 Å². The third kappa shape index (κ3) is 3.07. The average Bonchev–Trinajstić information content (AvgIpc) is 2.85. The smallest absolute Gasteiger partial charge is 0.174 e.